The number of hydroxylamine groups is 2. The molecule has 1 rings (SSSR count). The lowest BCUT2D eigenvalue weighted by Gasteiger charge is -2.47. The molecule has 0 saturated carbocycles. The van der Waals surface area contributed by atoms with E-state index in [1.807, 2.05) is 0 Å². The highest BCUT2D eigenvalue weighted by Crippen LogP contribution is 2.56. The number of hydrogen-bond donors (Lipinski definition) is 0. The van der Waals surface area contributed by atoms with Crippen LogP contribution in [0.1, 0.15) is 0 Å². The summed E-state index contributed by atoms with van der Waals surface area (Å²) >= 11 is 0. The standard InChI is InChI=1S/C4F9NO/c5-1(6,7)2(8,9)14-3(10,11)4(12,13)15-14. The summed E-state index contributed by atoms with van der Waals surface area (Å²) in [6.07, 6.45) is -11.8. The first-order chi connectivity index (χ1) is 6.34. The maximum absolute atomic E-state index is 12.1. The molecule has 1 aliphatic heterocycles. The van der Waals surface area contributed by atoms with Crippen LogP contribution in [0.3, 0.4) is 0 Å². The Morgan fingerprint density at radius 1 is 0.867 bits per heavy atom. The summed E-state index contributed by atoms with van der Waals surface area (Å²) < 4.78 is 106. The first-order valence-corrected chi connectivity index (χ1v) is 3.03. The van der Waals surface area contributed by atoms with Gasteiger partial charge in [0.2, 0.25) is 0 Å². The summed E-state index contributed by atoms with van der Waals surface area (Å²) in [5, 5.41) is -2.38. The van der Waals surface area contributed by atoms with Gasteiger partial charge in [0.05, 0.1) is 0 Å². The van der Waals surface area contributed by atoms with Crippen molar-refractivity contribution in [3.63, 3.8) is 0 Å². The van der Waals surface area contributed by atoms with Crippen molar-refractivity contribution in [3.05, 3.63) is 0 Å². The fourth-order valence-electron chi connectivity index (χ4n) is 0.655. The largest absolute Gasteiger partial charge is 0.471 e. The van der Waals surface area contributed by atoms with Gasteiger partial charge in [-0.05, 0) is 5.06 Å². The lowest BCUT2D eigenvalue weighted by Crippen LogP contribution is -2.75. The molecule has 0 aromatic carbocycles. The minimum Gasteiger partial charge on any atom is -0.212 e. The third-order valence-corrected chi connectivity index (χ3v) is 1.41. The van der Waals surface area contributed by atoms with E-state index in [-0.39, 0.29) is 0 Å². The van der Waals surface area contributed by atoms with E-state index in [0.717, 1.165) is 0 Å². The topological polar surface area (TPSA) is 12.5 Å². The van der Waals surface area contributed by atoms with Crippen molar-refractivity contribution in [2.24, 2.45) is 0 Å². The Morgan fingerprint density at radius 3 is 1.47 bits per heavy atom. The van der Waals surface area contributed by atoms with Gasteiger partial charge in [0.1, 0.15) is 0 Å². The van der Waals surface area contributed by atoms with Crippen LogP contribution in [0.5, 0.6) is 0 Å². The second-order valence-electron chi connectivity index (χ2n) is 2.48. The lowest BCUT2D eigenvalue weighted by molar-refractivity contribution is -0.648. The van der Waals surface area contributed by atoms with Gasteiger partial charge < -0.3 is 0 Å². The molecule has 11 heteroatoms. The van der Waals surface area contributed by atoms with Crippen molar-refractivity contribution in [1.82, 2.24) is 5.06 Å². The van der Waals surface area contributed by atoms with E-state index in [0.29, 0.717) is 0 Å². The van der Waals surface area contributed by atoms with Gasteiger partial charge in [0, 0.05) is 0 Å². The normalized spacial score (nSPS) is 26.2. The van der Waals surface area contributed by atoms with Crippen molar-refractivity contribution in [3.8, 4) is 0 Å². The zero-order chi connectivity index (χ0) is 12.3. The Balaban J connectivity index is 2.96. The zero-order valence-electron chi connectivity index (χ0n) is 6.26. The SMILES string of the molecule is FC(F)(F)C(F)(F)N1OC(F)(F)C1(F)F. The maximum Gasteiger partial charge on any atom is 0.471 e. The van der Waals surface area contributed by atoms with E-state index in [1.165, 1.54) is 0 Å². The zero-order valence-corrected chi connectivity index (χ0v) is 6.26. The van der Waals surface area contributed by atoms with Crippen LogP contribution < -0.4 is 0 Å². The van der Waals surface area contributed by atoms with Crippen LogP contribution in [-0.2, 0) is 4.84 Å². The Kier molecular flexibility index (Phi) is 2.22. The minimum absolute atomic E-state index is 2.38. The van der Waals surface area contributed by atoms with Crippen LogP contribution in [0.25, 0.3) is 0 Å². The molecule has 0 bridgehead atoms. The Labute approximate surface area is 75.1 Å². The number of hydrogen-bond acceptors (Lipinski definition) is 2. The van der Waals surface area contributed by atoms with E-state index in [1.54, 1.807) is 0 Å². The highest BCUT2D eigenvalue weighted by molar-refractivity contribution is 4.89. The molecule has 0 aromatic heterocycles. The van der Waals surface area contributed by atoms with Gasteiger partial charge in [-0.25, -0.2) is 4.84 Å². The van der Waals surface area contributed by atoms with Crippen LogP contribution in [-0.4, -0.2) is 29.4 Å². The summed E-state index contributed by atoms with van der Waals surface area (Å²) in [4.78, 5) is 2.41. The third kappa shape index (κ3) is 1.44. The quantitative estimate of drug-likeness (QED) is 0.523. The number of nitrogens with zero attached hydrogens (tertiary/aromatic N) is 1. The van der Waals surface area contributed by atoms with Gasteiger partial charge in [-0.1, -0.05) is 0 Å². The first-order valence-electron chi connectivity index (χ1n) is 3.03. The van der Waals surface area contributed by atoms with Crippen molar-refractivity contribution in [2.45, 2.75) is 24.4 Å². The van der Waals surface area contributed by atoms with Crippen molar-refractivity contribution >= 4 is 0 Å². The molecule has 0 spiro atoms. The van der Waals surface area contributed by atoms with Gasteiger partial charge in [-0.2, -0.15) is 39.5 Å². The van der Waals surface area contributed by atoms with Crippen LogP contribution in [0, 0.1) is 0 Å². The van der Waals surface area contributed by atoms with Crippen LogP contribution in [0.2, 0.25) is 0 Å². The molecule has 0 amide bonds. The predicted molar refractivity (Wildman–Crippen MR) is 23.8 cm³/mol. The van der Waals surface area contributed by atoms with Gasteiger partial charge in [0.25, 0.3) is 0 Å². The third-order valence-electron chi connectivity index (χ3n) is 1.41. The molecule has 0 unspecified atom stereocenters. The molecule has 2 nitrogen and oxygen atoms in total. The molecule has 1 aliphatic rings. The summed E-state index contributed by atoms with van der Waals surface area (Å²) in [6.45, 7) is 0. The molecule has 15 heavy (non-hydrogen) atoms. The van der Waals surface area contributed by atoms with Crippen LogP contribution in [0.4, 0.5) is 39.5 Å². The highest BCUT2D eigenvalue weighted by atomic mass is 19.4. The molecule has 1 fully saturated rings. The minimum atomic E-state index is -6.45. The highest BCUT2D eigenvalue weighted by Gasteiger charge is 2.84. The summed E-state index contributed by atoms with van der Waals surface area (Å²) in [5.41, 5.74) is 0. The fourth-order valence-corrected chi connectivity index (χ4v) is 0.655. The monoisotopic (exact) mass is 249 g/mol. The Morgan fingerprint density at radius 2 is 1.27 bits per heavy atom. The van der Waals surface area contributed by atoms with Crippen molar-refractivity contribution in [2.75, 3.05) is 0 Å². The van der Waals surface area contributed by atoms with Gasteiger partial charge >= 0.3 is 24.4 Å². The molecule has 90 valence electrons. The van der Waals surface area contributed by atoms with E-state index in [4.69, 9.17) is 0 Å². The molecule has 0 atom stereocenters. The van der Waals surface area contributed by atoms with Gasteiger partial charge in [0.15, 0.2) is 0 Å². The fraction of sp³-hybridized carbons (Fsp3) is 1.00. The summed E-state index contributed by atoms with van der Waals surface area (Å²) in [5.74, 6) is 0. The number of halogens is 9. The Hall–Kier alpha value is -0.710. The molecular formula is C4F9NO. The van der Waals surface area contributed by atoms with Crippen molar-refractivity contribution in [1.29, 1.82) is 0 Å². The van der Waals surface area contributed by atoms with E-state index >= 15 is 0 Å². The van der Waals surface area contributed by atoms with Crippen LogP contribution in [0.15, 0.2) is 0 Å². The molecule has 1 saturated heterocycles. The molecule has 0 N–H and O–H groups in total. The number of alkyl halides is 9. The Bertz CT molecular complexity index is 270. The molecule has 0 aliphatic carbocycles. The predicted octanol–water partition coefficient (Wildman–Crippen LogP) is 2.57. The average molecular weight is 249 g/mol. The number of rotatable bonds is 1. The molecule has 0 aromatic rings. The smallest absolute Gasteiger partial charge is 0.212 e. The second kappa shape index (κ2) is 2.70. The molecular weight excluding hydrogens is 249 g/mol. The average Bonchev–Trinajstić information content (AvgIpc) is 1.98. The van der Waals surface area contributed by atoms with Crippen LogP contribution >= 0.6 is 0 Å². The first kappa shape index (κ1) is 12.4. The summed E-state index contributed by atoms with van der Waals surface area (Å²) in [6, 6.07) is -11.9. The lowest BCUT2D eigenvalue weighted by atomic mass is 10.3. The van der Waals surface area contributed by atoms with E-state index < -0.39 is 29.4 Å². The second-order valence-corrected chi connectivity index (χ2v) is 2.48. The van der Waals surface area contributed by atoms with Gasteiger partial charge in [-0.15, -0.1) is 0 Å². The van der Waals surface area contributed by atoms with E-state index in [2.05, 4.69) is 4.84 Å². The molecule has 1 heterocycles. The molecule has 0 radical (unpaired) electrons. The van der Waals surface area contributed by atoms with Gasteiger partial charge in [-0.3, -0.25) is 0 Å². The van der Waals surface area contributed by atoms with E-state index in [9.17, 15) is 39.5 Å². The summed E-state index contributed by atoms with van der Waals surface area (Å²) in [7, 11) is 0. The maximum atomic E-state index is 12.1. The van der Waals surface area contributed by atoms with Crippen molar-refractivity contribution < 1.29 is 44.4 Å².